The lowest BCUT2D eigenvalue weighted by Gasteiger charge is -2.09. The van der Waals surface area contributed by atoms with Gasteiger partial charge in [0, 0.05) is 5.69 Å². The molecule has 0 bridgehead atoms. The molecule has 0 atom stereocenters. The highest BCUT2D eigenvalue weighted by Crippen LogP contribution is 2.29. The molecule has 9 heteroatoms. The second kappa shape index (κ2) is 6.15. The van der Waals surface area contributed by atoms with Crippen molar-refractivity contribution in [2.45, 2.75) is 30.7 Å². The first-order valence-corrected chi connectivity index (χ1v) is 8.14. The zero-order chi connectivity index (χ0) is 16.4. The van der Waals surface area contributed by atoms with Gasteiger partial charge in [0.05, 0.1) is 11.7 Å². The van der Waals surface area contributed by atoms with Gasteiger partial charge in [-0.25, -0.2) is 8.42 Å². The Hall–Kier alpha value is -1.77. The second-order valence-electron chi connectivity index (χ2n) is 5.11. The number of rotatable bonds is 6. The molecule has 122 valence electrons. The van der Waals surface area contributed by atoms with E-state index in [0.717, 1.165) is 0 Å². The van der Waals surface area contributed by atoms with Crippen LogP contribution in [0.15, 0.2) is 24.3 Å². The van der Waals surface area contributed by atoms with E-state index in [1.54, 1.807) is 5.32 Å². The van der Waals surface area contributed by atoms with Crippen molar-refractivity contribution >= 4 is 21.6 Å². The number of alkyl halides is 3. The first-order valence-electron chi connectivity index (χ1n) is 6.60. The van der Waals surface area contributed by atoms with Gasteiger partial charge >= 0.3 is 6.18 Å². The normalized spacial score (nSPS) is 15.4. The second-order valence-corrected chi connectivity index (χ2v) is 7.07. The van der Waals surface area contributed by atoms with Gasteiger partial charge in [-0.15, -0.1) is 0 Å². The summed E-state index contributed by atoms with van der Waals surface area (Å²) >= 11 is 0. The van der Waals surface area contributed by atoms with Gasteiger partial charge in [0.15, 0.2) is 0 Å². The third-order valence-corrected chi connectivity index (χ3v) is 4.90. The molecule has 1 aliphatic rings. The molecule has 5 nitrogen and oxygen atoms in total. The van der Waals surface area contributed by atoms with Crippen LogP contribution in [0.4, 0.5) is 18.9 Å². The summed E-state index contributed by atoms with van der Waals surface area (Å²) < 4.78 is 61.7. The molecule has 0 unspecified atom stereocenters. The highest BCUT2D eigenvalue weighted by molar-refractivity contribution is 7.93. The standard InChI is InChI=1S/C13H15F3N2O3S/c14-13(15,16)8-17-12(19)7-9-1-3-10(4-2-9)18-22(20,21)11-5-6-11/h1-4,11,18H,5-8H2,(H,17,19). The first-order chi connectivity index (χ1) is 10.2. The fraction of sp³-hybridized carbons (Fsp3) is 0.462. The van der Waals surface area contributed by atoms with Crippen molar-refractivity contribution in [3.05, 3.63) is 29.8 Å². The number of carbonyl (C=O) groups is 1. The number of carbonyl (C=O) groups excluding carboxylic acids is 1. The monoisotopic (exact) mass is 336 g/mol. The Kier molecular flexibility index (Phi) is 4.64. The molecule has 0 radical (unpaired) electrons. The lowest BCUT2D eigenvalue weighted by Crippen LogP contribution is -2.34. The average molecular weight is 336 g/mol. The summed E-state index contributed by atoms with van der Waals surface area (Å²) in [6.07, 6.45) is -3.36. The molecule has 1 aromatic carbocycles. The molecular weight excluding hydrogens is 321 g/mol. The lowest BCUT2D eigenvalue weighted by molar-refractivity contribution is -0.138. The molecule has 1 saturated carbocycles. The van der Waals surface area contributed by atoms with Gasteiger partial charge < -0.3 is 5.32 Å². The predicted octanol–water partition coefficient (Wildman–Crippen LogP) is 1.81. The summed E-state index contributed by atoms with van der Waals surface area (Å²) in [5.74, 6) is -0.747. The van der Waals surface area contributed by atoms with E-state index in [2.05, 4.69) is 4.72 Å². The van der Waals surface area contributed by atoms with E-state index < -0.39 is 28.7 Å². The van der Waals surface area contributed by atoms with Crippen molar-refractivity contribution < 1.29 is 26.4 Å². The zero-order valence-electron chi connectivity index (χ0n) is 11.5. The number of hydrogen-bond acceptors (Lipinski definition) is 3. The van der Waals surface area contributed by atoms with Crippen LogP contribution in [0.1, 0.15) is 18.4 Å². The van der Waals surface area contributed by atoms with Crippen LogP contribution in [0.25, 0.3) is 0 Å². The van der Waals surface area contributed by atoms with E-state index in [1.807, 2.05) is 0 Å². The molecule has 0 spiro atoms. The van der Waals surface area contributed by atoms with Crippen LogP contribution in [-0.2, 0) is 21.2 Å². The number of sulfonamides is 1. The van der Waals surface area contributed by atoms with Crippen molar-refractivity contribution in [1.82, 2.24) is 5.32 Å². The summed E-state index contributed by atoms with van der Waals surface area (Å²) in [6.45, 7) is -1.37. The van der Waals surface area contributed by atoms with Crippen LogP contribution in [0.5, 0.6) is 0 Å². The maximum absolute atomic E-state index is 12.0. The van der Waals surface area contributed by atoms with Gasteiger partial charge in [-0.05, 0) is 30.5 Å². The first kappa shape index (κ1) is 16.6. The van der Waals surface area contributed by atoms with Crippen LogP contribution in [0, 0.1) is 0 Å². The molecular formula is C13H15F3N2O3S. The summed E-state index contributed by atoms with van der Waals surface area (Å²) in [4.78, 5) is 11.3. The van der Waals surface area contributed by atoms with Crippen molar-refractivity contribution in [3.8, 4) is 0 Å². The molecule has 1 amide bonds. The van der Waals surface area contributed by atoms with Gasteiger partial charge in [0.2, 0.25) is 15.9 Å². The molecule has 2 N–H and O–H groups in total. The van der Waals surface area contributed by atoms with E-state index in [1.165, 1.54) is 24.3 Å². The van der Waals surface area contributed by atoms with Gasteiger partial charge in [0.1, 0.15) is 6.54 Å². The Morgan fingerprint density at radius 1 is 1.18 bits per heavy atom. The van der Waals surface area contributed by atoms with Crippen LogP contribution in [0.2, 0.25) is 0 Å². The number of amides is 1. The Balaban J connectivity index is 1.87. The summed E-state index contributed by atoms with van der Waals surface area (Å²) in [5, 5.41) is 1.42. The lowest BCUT2D eigenvalue weighted by atomic mass is 10.1. The maximum atomic E-state index is 12.0. The molecule has 0 saturated heterocycles. The number of nitrogens with one attached hydrogen (secondary N) is 2. The highest BCUT2D eigenvalue weighted by Gasteiger charge is 2.35. The highest BCUT2D eigenvalue weighted by atomic mass is 32.2. The molecule has 0 aromatic heterocycles. The van der Waals surface area contributed by atoms with Crippen LogP contribution < -0.4 is 10.0 Å². The van der Waals surface area contributed by atoms with E-state index in [-0.39, 0.29) is 11.7 Å². The zero-order valence-corrected chi connectivity index (χ0v) is 12.3. The minimum absolute atomic E-state index is 0.203. The third-order valence-electron chi connectivity index (χ3n) is 3.03. The third kappa shape index (κ3) is 5.21. The molecule has 0 heterocycles. The van der Waals surface area contributed by atoms with Gasteiger partial charge in [-0.3, -0.25) is 9.52 Å². The van der Waals surface area contributed by atoms with Gasteiger partial charge in [0.25, 0.3) is 0 Å². The van der Waals surface area contributed by atoms with Crippen molar-refractivity contribution in [1.29, 1.82) is 0 Å². The van der Waals surface area contributed by atoms with Crippen molar-refractivity contribution in [2.75, 3.05) is 11.3 Å². The minimum atomic E-state index is -4.44. The number of hydrogen-bond donors (Lipinski definition) is 2. The summed E-state index contributed by atoms with van der Waals surface area (Å²) in [6, 6.07) is 5.95. The van der Waals surface area contributed by atoms with Crippen LogP contribution in [0.3, 0.4) is 0 Å². The molecule has 1 aromatic rings. The summed E-state index contributed by atoms with van der Waals surface area (Å²) in [7, 11) is -3.36. The van der Waals surface area contributed by atoms with Gasteiger partial charge in [-0.2, -0.15) is 13.2 Å². The Morgan fingerprint density at radius 3 is 2.27 bits per heavy atom. The van der Waals surface area contributed by atoms with Gasteiger partial charge in [-0.1, -0.05) is 12.1 Å². The fourth-order valence-corrected chi connectivity index (χ4v) is 3.15. The number of anilines is 1. The Morgan fingerprint density at radius 2 is 1.77 bits per heavy atom. The van der Waals surface area contributed by atoms with Crippen molar-refractivity contribution in [3.63, 3.8) is 0 Å². The van der Waals surface area contributed by atoms with E-state index in [4.69, 9.17) is 0 Å². The van der Waals surface area contributed by atoms with E-state index in [9.17, 15) is 26.4 Å². The Labute approximate surface area is 125 Å². The molecule has 22 heavy (non-hydrogen) atoms. The Bertz CT molecular complexity index is 637. The van der Waals surface area contributed by atoms with E-state index in [0.29, 0.717) is 24.1 Å². The smallest absolute Gasteiger partial charge is 0.347 e. The molecule has 1 fully saturated rings. The largest absolute Gasteiger partial charge is 0.405 e. The molecule has 1 aliphatic carbocycles. The van der Waals surface area contributed by atoms with Crippen LogP contribution in [-0.4, -0.2) is 32.3 Å². The topological polar surface area (TPSA) is 75.3 Å². The van der Waals surface area contributed by atoms with E-state index >= 15 is 0 Å². The minimum Gasteiger partial charge on any atom is -0.347 e. The van der Waals surface area contributed by atoms with Crippen LogP contribution >= 0.6 is 0 Å². The average Bonchev–Trinajstić information content (AvgIpc) is 3.22. The SMILES string of the molecule is O=C(Cc1ccc(NS(=O)(=O)C2CC2)cc1)NCC(F)(F)F. The fourth-order valence-electron chi connectivity index (χ4n) is 1.76. The number of halogens is 3. The predicted molar refractivity (Wildman–Crippen MR) is 74.8 cm³/mol. The van der Waals surface area contributed by atoms with Crippen molar-refractivity contribution in [2.24, 2.45) is 0 Å². The maximum Gasteiger partial charge on any atom is 0.405 e. The number of benzene rings is 1. The molecule has 2 rings (SSSR count). The quantitative estimate of drug-likeness (QED) is 0.832. The molecule has 0 aliphatic heterocycles. The summed E-state index contributed by atoms with van der Waals surface area (Å²) in [5.41, 5.74) is 0.861.